The lowest BCUT2D eigenvalue weighted by Crippen LogP contribution is -2.09. The van der Waals surface area contributed by atoms with E-state index in [4.69, 9.17) is 17.4 Å². The Morgan fingerprint density at radius 3 is 2.80 bits per heavy atom. The van der Waals surface area contributed by atoms with E-state index in [-0.39, 0.29) is 0 Å². The van der Waals surface area contributed by atoms with Crippen LogP contribution in [0.15, 0.2) is 53.6 Å². The third-order valence-electron chi connectivity index (χ3n) is 3.09. The molecular formula is C15H13ClN4. The number of aromatic nitrogens is 2. The van der Waals surface area contributed by atoms with Gasteiger partial charge in [0, 0.05) is 5.02 Å². The molecule has 0 unspecified atom stereocenters. The fourth-order valence-electron chi connectivity index (χ4n) is 2.14. The zero-order valence-electron chi connectivity index (χ0n) is 10.7. The van der Waals surface area contributed by atoms with Gasteiger partial charge in [0.15, 0.2) is 0 Å². The van der Waals surface area contributed by atoms with Crippen LogP contribution < -0.4 is 5.84 Å². The molecule has 3 rings (SSSR count). The zero-order chi connectivity index (χ0) is 13.9. The quantitative estimate of drug-likeness (QED) is 0.441. The Bertz CT molecular complexity index is 743. The van der Waals surface area contributed by atoms with E-state index in [0.29, 0.717) is 11.4 Å². The van der Waals surface area contributed by atoms with Crippen molar-refractivity contribution < 1.29 is 0 Å². The van der Waals surface area contributed by atoms with Crippen molar-refractivity contribution in [1.82, 2.24) is 9.97 Å². The molecule has 0 fully saturated rings. The summed E-state index contributed by atoms with van der Waals surface area (Å²) in [6.07, 6.45) is 0.533. The lowest BCUT2D eigenvalue weighted by molar-refractivity contribution is 1.08. The highest BCUT2D eigenvalue weighted by molar-refractivity contribution is 6.31. The SMILES string of the molecule is N/N=C(\Cc1nc2ccccc2[nH]1)c1cccc(Cl)c1. The van der Waals surface area contributed by atoms with Gasteiger partial charge in [0.25, 0.3) is 0 Å². The number of hydrogen-bond donors (Lipinski definition) is 2. The lowest BCUT2D eigenvalue weighted by atomic mass is 10.1. The van der Waals surface area contributed by atoms with Gasteiger partial charge in [-0.3, -0.25) is 0 Å². The standard InChI is InChI=1S/C15H13ClN4/c16-11-5-3-4-10(8-11)14(20-17)9-15-18-12-6-1-2-7-13(12)19-15/h1-8H,9,17H2,(H,18,19)/b20-14+. The Labute approximate surface area is 121 Å². The van der Waals surface area contributed by atoms with Gasteiger partial charge in [-0.15, -0.1) is 0 Å². The first-order valence-electron chi connectivity index (χ1n) is 6.22. The molecule has 0 saturated carbocycles. The molecule has 3 aromatic rings. The van der Waals surface area contributed by atoms with Gasteiger partial charge in [-0.25, -0.2) is 4.98 Å². The predicted molar refractivity (Wildman–Crippen MR) is 82.0 cm³/mol. The van der Waals surface area contributed by atoms with Gasteiger partial charge in [-0.2, -0.15) is 5.10 Å². The predicted octanol–water partition coefficient (Wildman–Crippen LogP) is 3.12. The molecule has 0 aliphatic heterocycles. The average molecular weight is 285 g/mol. The van der Waals surface area contributed by atoms with Gasteiger partial charge in [-0.05, 0) is 29.8 Å². The van der Waals surface area contributed by atoms with Crippen LogP contribution in [0.5, 0.6) is 0 Å². The fourth-order valence-corrected chi connectivity index (χ4v) is 2.33. The third kappa shape index (κ3) is 2.51. The number of imidazole rings is 1. The van der Waals surface area contributed by atoms with E-state index in [2.05, 4.69) is 15.1 Å². The van der Waals surface area contributed by atoms with Crippen LogP contribution in [-0.2, 0) is 6.42 Å². The number of aromatic amines is 1. The topological polar surface area (TPSA) is 67.1 Å². The summed E-state index contributed by atoms with van der Waals surface area (Å²) >= 11 is 5.99. The largest absolute Gasteiger partial charge is 0.342 e. The van der Waals surface area contributed by atoms with E-state index in [1.807, 2.05) is 48.5 Å². The van der Waals surface area contributed by atoms with Crippen molar-refractivity contribution in [2.45, 2.75) is 6.42 Å². The number of nitrogens with zero attached hydrogens (tertiary/aromatic N) is 2. The van der Waals surface area contributed by atoms with Crippen molar-refractivity contribution in [3.63, 3.8) is 0 Å². The van der Waals surface area contributed by atoms with Gasteiger partial charge in [0.1, 0.15) is 5.82 Å². The van der Waals surface area contributed by atoms with Crippen molar-refractivity contribution in [2.24, 2.45) is 10.9 Å². The van der Waals surface area contributed by atoms with Gasteiger partial charge < -0.3 is 10.8 Å². The minimum absolute atomic E-state index is 0.533. The number of hydrazone groups is 1. The number of fused-ring (bicyclic) bond motifs is 1. The molecule has 1 heterocycles. The lowest BCUT2D eigenvalue weighted by Gasteiger charge is -2.04. The maximum Gasteiger partial charge on any atom is 0.113 e. The number of nitrogens with two attached hydrogens (primary N) is 1. The summed E-state index contributed by atoms with van der Waals surface area (Å²) < 4.78 is 0. The molecule has 0 bridgehead atoms. The molecule has 0 saturated heterocycles. The summed E-state index contributed by atoms with van der Waals surface area (Å²) in [6.45, 7) is 0. The van der Waals surface area contributed by atoms with Crippen molar-refractivity contribution in [3.8, 4) is 0 Å². The molecule has 0 aliphatic carbocycles. The highest BCUT2D eigenvalue weighted by Gasteiger charge is 2.09. The Morgan fingerprint density at radius 2 is 2.05 bits per heavy atom. The number of para-hydroxylation sites is 2. The Hall–Kier alpha value is -2.33. The maximum atomic E-state index is 5.99. The number of nitrogens with one attached hydrogen (secondary N) is 1. The monoisotopic (exact) mass is 284 g/mol. The molecule has 0 amide bonds. The second-order valence-electron chi connectivity index (χ2n) is 4.46. The maximum absolute atomic E-state index is 5.99. The van der Waals surface area contributed by atoms with Crippen LogP contribution >= 0.6 is 11.6 Å². The second kappa shape index (κ2) is 5.35. The Kier molecular flexibility index (Phi) is 3.39. The minimum Gasteiger partial charge on any atom is -0.342 e. The van der Waals surface area contributed by atoms with E-state index in [1.54, 1.807) is 0 Å². The first kappa shape index (κ1) is 12.7. The molecule has 20 heavy (non-hydrogen) atoms. The van der Waals surface area contributed by atoms with Gasteiger partial charge >= 0.3 is 0 Å². The molecule has 5 heteroatoms. The van der Waals surface area contributed by atoms with Crippen LogP contribution in [0.25, 0.3) is 11.0 Å². The van der Waals surface area contributed by atoms with Gasteiger partial charge in [0.05, 0.1) is 23.2 Å². The van der Waals surface area contributed by atoms with E-state index in [9.17, 15) is 0 Å². The molecule has 4 nitrogen and oxygen atoms in total. The van der Waals surface area contributed by atoms with Crippen molar-refractivity contribution in [2.75, 3.05) is 0 Å². The van der Waals surface area contributed by atoms with Crippen molar-refractivity contribution >= 4 is 28.3 Å². The van der Waals surface area contributed by atoms with Crippen LogP contribution in [0.2, 0.25) is 5.02 Å². The molecule has 2 aromatic carbocycles. The van der Waals surface area contributed by atoms with Gasteiger partial charge in [0.2, 0.25) is 0 Å². The number of hydrogen-bond acceptors (Lipinski definition) is 3. The number of H-pyrrole nitrogens is 1. The van der Waals surface area contributed by atoms with Crippen molar-refractivity contribution in [3.05, 3.63) is 64.9 Å². The van der Waals surface area contributed by atoms with Crippen molar-refractivity contribution in [1.29, 1.82) is 0 Å². The summed E-state index contributed by atoms with van der Waals surface area (Å²) in [6, 6.07) is 15.4. The van der Waals surface area contributed by atoms with Crippen LogP contribution in [0.4, 0.5) is 0 Å². The summed E-state index contributed by atoms with van der Waals surface area (Å²) in [5.74, 6) is 6.33. The molecule has 0 spiro atoms. The average Bonchev–Trinajstić information content (AvgIpc) is 2.87. The highest BCUT2D eigenvalue weighted by Crippen LogP contribution is 2.15. The van der Waals surface area contributed by atoms with Crippen LogP contribution in [-0.4, -0.2) is 15.7 Å². The van der Waals surface area contributed by atoms with E-state index < -0.39 is 0 Å². The van der Waals surface area contributed by atoms with Crippen LogP contribution in [0.3, 0.4) is 0 Å². The van der Waals surface area contributed by atoms with Gasteiger partial charge in [-0.1, -0.05) is 35.9 Å². The Morgan fingerprint density at radius 1 is 1.20 bits per heavy atom. The number of rotatable bonds is 3. The second-order valence-corrected chi connectivity index (χ2v) is 4.90. The zero-order valence-corrected chi connectivity index (χ0v) is 11.4. The molecule has 0 atom stereocenters. The molecule has 0 radical (unpaired) electrons. The highest BCUT2D eigenvalue weighted by atomic mass is 35.5. The molecule has 100 valence electrons. The van der Waals surface area contributed by atoms with E-state index >= 15 is 0 Å². The summed E-state index contributed by atoms with van der Waals surface area (Å²) in [4.78, 5) is 7.79. The number of halogens is 1. The minimum atomic E-state index is 0.533. The summed E-state index contributed by atoms with van der Waals surface area (Å²) in [5.41, 5.74) is 3.59. The molecular weight excluding hydrogens is 272 g/mol. The van der Waals surface area contributed by atoms with Crippen LogP contribution in [0, 0.1) is 0 Å². The summed E-state index contributed by atoms with van der Waals surface area (Å²) in [7, 11) is 0. The number of benzene rings is 2. The molecule has 1 aromatic heterocycles. The normalized spacial score (nSPS) is 11.9. The molecule has 0 aliphatic rings. The third-order valence-corrected chi connectivity index (χ3v) is 3.32. The first-order chi connectivity index (χ1) is 9.76. The Balaban J connectivity index is 1.92. The fraction of sp³-hybridized carbons (Fsp3) is 0.0667. The first-order valence-corrected chi connectivity index (χ1v) is 6.60. The summed E-state index contributed by atoms with van der Waals surface area (Å²) in [5, 5.41) is 4.52. The van der Waals surface area contributed by atoms with E-state index in [0.717, 1.165) is 28.1 Å². The van der Waals surface area contributed by atoms with Crippen LogP contribution in [0.1, 0.15) is 11.4 Å². The molecule has 3 N–H and O–H groups in total. The van der Waals surface area contributed by atoms with E-state index in [1.165, 1.54) is 0 Å². The smallest absolute Gasteiger partial charge is 0.113 e.